The molecule has 3 amide bonds. The van der Waals surface area contributed by atoms with Crippen LogP contribution < -0.4 is 5.43 Å². The number of amides is 3. The van der Waals surface area contributed by atoms with Crippen molar-refractivity contribution >= 4 is 17.7 Å². The van der Waals surface area contributed by atoms with E-state index in [9.17, 15) is 14.4 Å². The standard InChI is InChI=1S/C13H12N2O5/c16-11(8-2-1-5-19-8)14-15-12(17)9-6-3-4-7(20-6)10(9)13(15)18/h1-2,5-7,9-10H,3-4H2,(H,14,16)/t6-,7+,9+,10-. The lowest BCUT2D eigenvalue weighted by molar-refractivity contribution is -0.145. The molecule has 3 aliphatic rings. The van der Waals surface area contributed by atoms with Crippen LogP contribution in [0.4, 0.5) is 0 Å². The molecule has 3 fully saturated rings. The van der Waals surface area contributed by atoms with Gasteiger partial charge in [0.15, 0.2) is 5.76 Å². The molecule has 0 radical (unpaired) electrons. The van der Waals surface area contributed by atoms with Crippen LogP contribution in [0, 0.1) is 11.8 Å². The zero-order valence-corrected chi connectivity index (χ0v) is 10.4. The second-order valence-electron chi connectivity index (χ2n) is 5.27. The lowest BCUT2D eigenvalue weighted by Crippen LogP contribution is -2.47. The molecule has 0 saturated carbocycles. The van der Waals surface area contributed by atoms with Crippen molar-refractivity contribution in [1.29, 1.82) is 0 Å². The summed E-state index contributed by atoms with van der Waals surface area (Å²) in [5.41, 5.74) is 2.32. The molecule has 20 heavy (non-hydrogen) atoms. The third-order valence-corrected chi connectivity index (χ3v) is 4.24. The maximum atomic E-state index is 12.3. The second kappa shape index (κ2) is 3.92. The first-order valence-corrected chi connectivity index (χ1v) is 6.54. The summed E-state index contributed by atoms with van der Waals surface area (Å²) >= 11 is 0. The number of ether oxygens (including phenoxy) is 1. The van der Waals surface area contributed by atoms with Crippen molar-refractivity contribution < 1.29 is 23.5 Å². The van der Waals surface area contributed by atoms with Gasteiger partial charge in [-0.15, -0.1) is 0 Å². The molecule has 1 aromatic heterocycles. The monoisotopic (exact) mass is 276 g/mol. The topological polar surface area (TPSA) is 88.9 Å². The lowest BCUT2D eigenvalue weighted by Gasteiger charge is -2.17. The van der Waals surface area contributed by atoms with Crippen molar-refractivity contribution in [2.75, 3.05) is 0 Å². The number of furan rings is 1. The molecular weight excluding hydrogens is 264 g/mol. The predicted octanol–water partition coefficient (Wildman–Crippen LogP) is 0.0868. The number of imide groups is 1. The summed E-state index contributed by atoms with van der Waals surface area (Å²) in [5.74, 6) is -2.21. The Balaban J connectivity index is 1.57. The molecule has 1 aromatic rings. The van der Waals surface area contributed by atoms with Gasteiger partial charge in [0.25, 0.3) is 11.8 Å². The first kappa shape index (κ1) is 11.7. The van der Waals surface area contributed by atoms with Gasteiger partial charge in [0.2, 0.25) is 0 Å². The highest BCUT2D eigenvalue weighted by atomic mass is 16.5. The number of carbonyl (C=O) groups excluding carboxylic acids is 3. The van der Waals surface area contributed by atoms with Gasteiger partial charge in [-0.1, -0.05) is 0 Å². The van der Waals surface area contributed by atoms with Crippen LogP contribution in [-0.2, 0) is 14.3 Å². The number of carbonyl (C=O) groups is 3. The van der Waals surface area contributed by atoms with Gasteiger partial charge in [0, 0.05) is 0 Å². The Morgan fingerprint density at radius 1 is 1.20 bits per heavy atom. The molecule has 3 saturated heterocycles. The molecule has 3 aliphatic heterocycles. The van der Waals surface area contributed by atoms with Crippen molar-refractivity contribution in [3.8, 4) is 0 Å². The van der Waals surface area contributed by atoms with Gasteiger partial charge in [-0.3, -0.25) is 19.8 Å². The van der Waals surface area contributed by atoms with Crippen molar-refractivity contribution in [1.82, 2.24) is 10.4 Å². The highest BCUT2D eigenvalue weighted by Crippen LogP contribution is 2.47. The van der Waals surface area contributed by atoms with E-state index in [1.54, 1.807) is 6.07 Å². The summed E-state index contributed by atoms with van der Waals surface area (Å²) in [7, 11) is 0. The van der Waals surface area contributed by atoms with E-state index in [-0.39, 0.29) is 29.8 Å². The largest absolute Gasteiger partial charge is 0.459 e. The molecule has 0 aromatic carbocycles. The van der Waals surface area contributed by atoms with Crippen LogP contribution in [0.5, 0.6) is 0 Å². The number of rotatable bonds is 2. The maximum absolute atomic E-state index is 12.3. The predicted molar refractivity (Wildman–Crippen MR) is 62.9 cm³/mol. The lowest BCUT2D eigenvalue weighted by atomic mass is 9.81. The Morgan fingerprint density at radius 3 is 2.40 bits per heavy atom. The number of nitrogens with one attached hydrogen (secondary N) is 1. The Kier molecular flexibility index (Phi) is 2.29. The first-order valence-electron chi connectivity index (χ1n) is 6.54. The van der Waals surface area contributed by atoms with Crippen LogP contribution in [0.3, 0.4) is 0 Å². The SMILES string of the molecule is O=C(NN1C(=O)[C@@H]2[C@H](C1=O)[C@@H]1CC[C@H]2O1)c1ccco1. The Morgan fingerprint density at radius 2 is 1.85 bits per heavy atom. The minimum absolute atomic E-state index is 0.0573. The molecule has 0 aliphatic carbocycles. The highest BCUT2D eigenvalue weighted by molar-refractivity contribution is 6.08. The fourth-order valence-electron chi connectivity index (χ4n) is 3.39. The number of fused-ring (bicyclic) bond motifs is 5. The summed E-state index contributed by atoms with van der Waals surface area (Å²) in [6, 6.07) is 3.03. The number of hydrazine groups is 1. The first-order chi connectivity index (χ1) is 9.66. The third-order valence-electron chi connectivity index (χ3n) is 4.24. The molecule has 1 N–H and O–H groups in total. The summed E-state index contributed by atoms with van der Waals surface area (Å²) in [4.78, 5) is 36.4. The Hall–Kier alpha value is -2.15. The quantitative estimate of drug-likeness (QED) is 0.773. The number of hydrogen-bond donors (Lipinski definition) is 1. The van der Waals surface area contributed by atoms with Crippen LogP contribution in [0.15, 0.2) is 22.8 Å². The average Bonchev–Trinajstić information content (AvgIpc) is 3.18. The Bertz CT molecular complexity index is 568. The number of nitrogens with zero attached hydrogens (tertiary/aromatic N) is 1. The van der Waals surface area contributed by atoms with E-state index in [1.165, 1.54) is 12.3 Å². The zero-order chi connectivity index (χ0) is 13.9. The normalized spacial score (nSPS) is 34.7. The van der Waals surface area contributed by atoms with Crippen molar-refractivity contribution in [3.63, 3.8) is 0 Å². The van der Waals surface area contributed by atoms with Crippen LogP contribution in [-0.4, -0.2) is 34.9 Å². The second-order valence-corrected chi connectivity index (χ2v) is 5.27. The highest BCUT2D eigenvalue weighted by Gasteiger charge is 2.62. The van der Waals surface area contributed by atoms with E-state index in [4.69, 9.17) is 9.15 Å². The molecule has 7 heteroatoms. The summed E-state index contributed by atoms with van der Waals surface area (Å²) in [5, 5.41) is 0.827. The molecule has 0 spiro atoms. The zero-order valence-electron chi connectivity index (χ0n) is 10.4. The van der Waals surface area contributed by atoms with Crippen LogP contribution in [0.1, 0.15) is 23.4 Å². The van der Waals surface area contributed by atoms with Crippen LogP contribution >= 0.6 is 0 Å². The van der Waals surface area contributed by atoms with Crippen molar-refractivity contribution in [2.24, 2.45) is 11.8 Å². The third kappa shape index (κ3) is 1.41. The summed E-state index contributed by atoms with van der Waals surface area (Å²) in [6.07, 6.45) is 2.57. The minimum Gasteiger partial charge on any atom is -0.459 e. The van der Waals surface area contributed by atoms with Crippen molar-refractivity contribution in [3.05, 3.63) is 24.2 Å². The summed E-state index contributed by atoms with van der Waals surface area (Å²) < 4.78 is 10.5. The van der Waals surface area contributed by atoms with Crippen LogP contribution in [0.25, 0.3) is 0 Å². The van der Waals surface area contributed by atoms with Gasteiger partial charge in [0.05, 0.1) is 30.3 Å². The van der Waals surface area contributed by atoms with E-state index >= 15 is 0 Å². The van der Waals surface area contributed by atoms with E-state index in [0.717, 1.165) is 17.9 Å². The van der Waals surface area contributed by atoms with Gasteiger partial charge < -0.3 is 9.15 Å². The van der Waals surface area contributed by atoms with Gasteiger partial charge in [0.1, 0.15) is 0 Å². The van der Waals surface area contributed by atoms with E-state index in [1.807, 2.05) is 0 Å². The molecule has 104 valence electrons. The average molecular weight is 276 g/mol. The molecule has 0 unspecified atom stereocenters. The van der Waals surface area contributed by atoms with Gasteiger partial charge >= 0.3 is 5.91 Å². The molecular formula is C13H12N2O5. The van der Waals surface area contributed by atoms with E-state index < -0.39 is 17.7 Å². The fourth-order valence-corrected chi connectivity index (χ4v) is 3.39. The van der Waals surface area contributed by atoms with Gasteiger partial charge in [-0.05, 0) is 25.0 Å². The number of hydrogen-bond acceptors (Lipinski definition) is 5. The summed E-state index contributed by atoms with van der Waals surface area (Å²) in [6.45, 7) is 0. The van der Waals surface area contributed by atoms with Gasteiger partial charge in [-0.2, -0.15) is 5.01 Å². The maximum Gasteiger partial charge on any atom is 0.305 e. The minimum atomic E-state index is -0.607. The van der Waals surface area contributed by atoms with Crippen molar-refractivity contribution in [2.45, 2.75) is 25.0 Å². The molecule has 4 atom stereocenters. The van der Waals surface area contributed by atoms with E-state index in [0.29, 0.717) is 0 Å². The molecule has 7 nitrogen and oxygen atoms in total. The molecule has 4 rings (SSSR count). The van der Waals surface area contributed by atoms with Crippen LogP contribution in [0.2, 0.25) is 0 Å². The van der Waals surface area contributed by atoms with E-state index in [2.05, 4.69) is 5.43 Å². The smallest absolute Gasteiger partial charge is 0.305 e. The fraction of sp³-hybridized carbons (Fsp3) is 0.462. The van der Waals surface area contributed by atoms with Gasteiger partial charge in [-0.25, -0.2) is 0 Å². The molecule has 4 heterocycles. The molecule has 2 bridgehead atoms. The Labute approximate surface area is 113 Å².